The fourth-order valence-corrected chi connectivity index (χ4v) is 3.83. The normalized spacial score (nSPS) is 12.8. The van der Waals surface area contributed by atoms with Crippen molar-refractivity contribution in [3.8, 4) is 0 Å². The molecule has 3 rings (SSSR count). The summed E-state index contributed by atoms with van der Waals surface area (Å²) in [4.78, 5) is 26.1. The van der Waals surface area contributed by atoms with E-state index in [1.807, 2.05) is 30.3 Å². The van der Waals surface area contributed by atoms with E-state index in [4.69, 9.17) is 0 Å². The number of hydrogen-bond donors (Lipinski definition) is 2. The molecule has 0 spiro atoms. The maximum Gasteiger partial charge on any atom is 0.265 e. The molecule has 0 unspecified atom stereocenters. The minimum absolute atomic E-state index is 0.0724. The van der Waals surface area contributed by atoms with Gasteiger partial charge in [0.1, 0.15) is 0 Å². The molecule has 0 saturated carbocycles. The number of hydrogen-bond acceptors (Lipinski definition) is 3. The van der Waals surface area contributed by atoms with Gasteiger partial charge in [0.25, 0.3) is 5.91 Å². The van der Waals surface area contributed by atoms with Crippen LogP contribution >= 0.6 is 11.3 Å². The van der Waals surface area contributed by atoms with Crippen LogP contribution in [0.25, 0.3) is 0 Å². The van der Waals surface area contributed by atoms with Gasteiger partial charge in [-0.1, -0.05) is 18.2 Å². The number of amides is 2. The van der Waals surface area contributed by atoms with Crippen LogP contribution in [0.3, 0.4) is 0 Å². The molecule has 2 N–H and O–H groups in total. The Morgan fingerprint density at radius 1 is 1.23 bits per heavy atom. The molecule has 1 heterocycles. The lowest BCUT2D eigenvalue weighted by Crippen LogP contribution is -2.21. The van der Waals surface area contributed by atoms with Gasteiger partial charge in [0.15, 0.2) is 0 Å². The Morgan fingerprint density at radius 2 is 2.05 bits per heavy atom. The standard InChI is InChI=1S/C17H18N2O2S/c1-18-16(20)10-11-5-2-3-7-13(11)19-17(21)15-9-12-6-4-8-14(12)22-15/h2-3,5,7,9H,4,6,8,10H2,1H3,(H,18,20)(H,19,21). The number of aryl methyl sites for hydroxylation is 2. The molecule has 1 aromatic carbocycles. The summed E-state index contributed by atoms with van der Waals surface area (Å²) in [6.45, 7) is 0. The van der Waals surface area contributed by atoms with Gasteiger partial charge >= 0.3 is 0 Å². The van der Waals surface area contributed by atoms with Gasteiger partial charge in [-0.2, -0.15) is 0 Å². The zero-order valence-corrected chi connectivity index (χ0v) is 13.3. The third-order valence-electron chi connectivity index (χ3n) is 3.87. The minimum atomic E-state index is -0.0937. The molecule has 5 heteroatoms. The van der Waals surface area contributed by atoms with E-state index in [-0.39, 0.29) is 18.2 Å². The van der Waals surface area contributed by atoms with Gasteiger partial charge in [0, 0.05) is 17.6 Å². The van der Waals surface area contributed by atoms with Crippen molar-refractivity contribution in [1.29, 1.82) is 0 Å². The van der Waals surface area contributed by atoms with Crippen LogP contribution in [0.5, 0.6) is 0 Å². The van der Waals surface area contributed by atoms with E-state index >= 15 is 0 Å². The molecule has 0 atom stereocenters. The van der Waals surface area contributed by atoms with Crippen molar-refractivity contribution in [1.82, 2.24) is 5.32 Å². The lowest BCUT2D eigenvalue weighted by Gasteiger charge is -2.10. The first-order valence-electron chi connectivity index (χ1n) is 7.39. The SMILES string of the molecule is CNC(=O)Cc1ccccc1NC(=O)c1cc2c(s1)CCC2. The van der Waals surface area contributed by atoms with E-state index in [1.165, 1.54) is 16.9 Å². The zero-order chi connectivity index (χ0) is 15.5. The lowest BCUT2D eigenvalue weighted by atomic mass is 10.1. The van der Waals surface area contributed by atoms with Crippen molar-refractivity contribution >= 4 is 28.8 Å². The number of likely N-dealkylation sites (N-methyl/N-ethyl adjacent to an activating group) is 1. The van der Waals surface area contributed by atoms with Gasteiger partial charge in [-0.25, -0.2) is 0 Å². The maximum atomic E-state index is 12.4. The van der Waals surface area contributed by atoms with Crippen molar-refractivity contribution in [2.24, 2.45) is 0 Å². The minimum Gasteiger partial charge on any atom is -0.359 e. The third-order valence-corrected chi connectivity index (χ3v) is 5.10. The fraction of sp³-hybridized carbons (Fsp3) is 0.294. The second kappa shape index (κ2) is 6.32. The lowest BCUT2D eigenvalue weighted by molar-refractivity contribution is -0.119. The van der Waals surface area contributed by atoms with E-state index in [9.17, 15) is 9.59 Å². The van der Waals surface area contributed by atoms with E-state index < -0.39 is 0 Å². The maximum absolute atomic E-state index is 12.4. The van der Waals surface area contributed by atoms with Gasteiger partial charge in [0.05, 0.1) is 11.3 Å². The molecule has 0 radical (unpaired) electrons. The molecule has 0 aliphatic heterocycles. The summed E-state index contributed by atoms with van der Waals surface area (Å²) < 4.78 is 0. The second-order valence-corrected chi connectivity index (χ2v) is 6.51. The smallest absolute Gasteiger partial charge is 0.265 e. The Morgan fingerprint density at radius 3 is 2.82 bits per heavy atom. The van der Waals surface area contributed by atoms with Crippen LogP contribution in [0, 0.1) is 0 Å². The van der Waals surface area contributed by atoms with E-state index in [2.05, 4.69) is 10.6 Å². The molecule has 22 heavy (non-hydrogen) atoms. The first-order chi connectivity index (χ1) is 10.7. The highest BCUT2D eigenvalue weighted by molar-refractivity contribution is 7.14. The highest BCUT2D eigenvalue weighted by Gasteiger charge is 2.19. The van der Waals surface area contributed by atoms with E-state index in [0.29, 0.717) is 5.69 Å². The average molecular weight is 314 g/mol. The largest absolute Gasteiger partial charge is 0.359 e. The Hall–Kier alpha value is -2.14. The average Bonchev–Trinajstić information content (AvgIpc) is 3.10. The van der Waals surface area contributed by atoms with Gasteiger partial charge in [-0.05, 0) is 42.5 Å². The highest BCUT2D eigenvalue weighted by atomic mass is 32.1. The molecule has 0 saturated heterocycles. The number of para-hydroxylation sites is 1. The Labute approximate surface area is 133 Å². The molecule has 1 aliphatic carbocycles. The van der Waals surface area contributed by atoms with Crippen molar-refractivity contribution in [2.45, 2.75) is 25.7 Å². The number of fused-ring (bicyclic) bond motifs is 1. The first-order valence-corrected chi connectivity index (χ1v) is 8.20. The second-order valence-electron chi connectivity index (χ2n) is 5.37. The number of benzene rings is 1. The van der Waals surface area contributed by atoms with Crippen LogP contribution in [0.15, 0.2) is 30.3 Å². The van der Waals surface area contributed by atoms with E-state index in [0.717, 1.165) is 23.3 Å². The zero-order valence-electron chi connectivity index (χ0n) is 12.4. The molecule has 2 amide bonds. The molecule has 0 fully saturated rings. The molecule has 4 nitrogen and oxygen atoms in total. The van der Waals surface area contributed by atoms with Gasteiger partial charge < -0.3 is 10.6 Å². The van der Waals surface area contributed by atoms with Crippen LogP contribution in [0.1, 0.15) is 32.1 Å². The Bertz CT molecular complexity index is 700. The molecule has 0 bridgehead atoms. The summed E-state index contributed by atoms with van der Waals surface area (Å²) in [5.41, 5.74) is 2.83. The third kappa shape index (κ3) is 3.04. The summed E-state index contributed by atoms with van der Waals surface area (Å²) in [5.74, 6) is -0.166. The van der Waals surface area contributed by atoms with Crippen molar-refractivity contribution < 1.29 is 9.59 Å². The number of carbonyl (C=O) groups is 2. The van der Waals surface area contributed by atoms with Gasteiger partial charge in [-0.3, -0.25) is 9.59 Å². The predicted octanol–water partition coefficient (Wildman–Crippen LogP) is 2.78. The summed E-state index contributed by atoms with van der Waals surface area (Å²) in [6, 6.07) is 9.42. The van der Waals surface area contributed by atoms with Crippen LogP contribution < -0.4 is 10.6 Å². The topological polar surface area (TPSA) is 58.2 Å². The van der Waals surface area contributed by atoms with Crippen LogP contribution in [0.4, 0.5) is 5.69 Å². The van der Waals surface area contributed by atoms with Gasteiger partial charge in [0.2, 0.25) is 5.91 Å². The molecule has 1 aromatic heterocycles. The van der Waals surface area contributed by atoms with Crippen molar-refractivity contribution in [3.63, 3.8) is 0 Å². The van der Waals surface area contributed by atoms with Crippen molar-refractivity contribution in [3.05, 3.63) is 51.2 Å². The fourth-order valence-electron chi connectivity index (χ4n) is 2.68. The molecule has 114 valence electrons. The number of thiophene rings is 1. The number of rotatable bonds is 4. The van der Waals surface area contributed by atoms with Gasteiger partial charge in [-0.15, -0.1) is 11.3 Å². The predicted molar refractivity (Wildman–Crippen MR) is 88.5 cm³/mol. The Balaban J connectivity index is 1.77. The van der Waals surface area contributed by atoms with Crippen LogP contribution in [-0.2, 0) is 24.1 Å². The summed E-state index contributed by atoms with van der Waals surface area (Å²) in [6.07, 6.45) is 3.61. The monoisotopic (exact) mass is 314 g/mol. The molecule has 2 aromatic rings. The van der Waals surface area contributed by atoms with Crippen molar-refractivity contribution in [2.75, 3.05) is 12.4 Å². The number of anilines is 1. The van der Waals surface area contributed by atoms with Crippen LogP contribution in [0.2, 0.25) is 0 Å². The van der Waals surface area contributed by atoms with Crippen LogP contribution in [-0.4, -0.2) is 18.9 Å². The summed E-state index contributed by atoms with van der Waals surface area (Å²) >= 11 is 1.58. The quantitative estimate of drug-likeness (QED) is 0.911. The molecular weight excluding hydrogens is 296 g/mol. The number of carbonyl (C=O) groups excluding carboxylic acids is 2. The summed E-state index contributed by atoms with van der Waals surface area (Å²) in [5, 5.41) is 5.54. The molecule has 1 aliphatic rings. The first kappa shape index (κ1) is 14.8. The Kier molecular flexibility index (Phi) is 4.24. The highest BCUT2D eigenvalue weighted by Crippen LogP contribution is 2.31. The summed E-state index contributed by atoms with van der Waals surface area (Å²) in [7, 11) is 1.61. The number of nitrogens with one attached hydrogen (secondary N) is 2. The molecular formula is C17H18N2O2S. The van der Waals surface area contributed by atoms with E-state index in [1.54, 1.807) is 18.4 Å².